The number of carbonyl (C=O) groups excluding carboxylic acids is 2. The van der Waals surface area contributed by atoms with Gasteiger partial charge in [0.25, 0.3) is 5.91 Å². The molecule has 2 aromatic rings. The zero-order chi connectivity index (χ0) is 18.2. The van der Waals surface area contributed by atoms with Crippen molar-refractivity contribution in [3.05, 3.63) is 53.6 Å². The number of aryl methyl sites for hydroxylation is 2. The van der Waals surface area contributed by atoms with Crippen molar-refractivity contribution in [2.45, 2.75) is 24.6 Å². The fraction of sp³-hybridized carbons (Fsp3) is 0.294. The SMILES string of the molecule is C=CCNC(=O)COC(=O)c1cccnc1SCc1c(C)noc1C. The average molecular weight is 361 g/mol. The number of nitrogens with zero attached hydrogens (tertiary/aromatic N) is 2. The highest BCUT2D eigenvalue weighted by atomic mass is 32.2. The van der Waals surface area contributed by atoms with Crippen LogP contribution in [-0.2, 0) is 15.3 Å². The second-order valence-corrected chi connectivity index (χ2v) is 6.08. The lowest BCUT2D eigenvalue weighted by atomic mass is 10.2. The minimum atomic E-state index is -0.594. The lowest BCUT2D eigenvalue weighted by molar-refractivity contribution is -0.124. The number of aromatic nitrogens is 2. The first kappa shape index (κ1) is 18.7. The van der Waals surface area contributed by atoms with Gasteiger partial charge in [-0.3, -0.25) is 4.79 Å². The summed E-state index contributed by atoms with van der Waals surface area (Å²) in [7, 11) is 0. The highest BCUT2D eigenvalue weighted by Gasteiger charge is 2.17. The maximum absolute atomic E-state index is 12.2. The highest BCUT2D eigenvalue weighted by Crippen LogP contribution is 2.27. The normalized spacial score (nSPS) is 10.3. The van der Waals surface area contributed by atoms with E-state index in [2.05, 4.69) is 22.0 Å². The van der Waals surface area contributed by atoms with Crippen LogP contribution in [0.4, 0.5) is 0 Å². The van der Waals surface area contributed by atoms with E-state index in [1.807, 2.05) is 13.8 Å². The Morgan fingerprint density at radius 3 is 2.92 bits per heavy atom. The van der Waals surface area contributed by atoms with Crippen LogP contribution in [-0.4, -0.2) is 35.2 Å². The summed E-state index contributed by atoms with van der Waals surface area (Å²) in [5.74, 6) is 0.326. The van der Waals surface area contributed by atoms with Crippen molar-refractivity contribution in [1.82, 2.24) is 15.5 Å². The summed E-state index contributed by atoms with van der Waals surface area (Å²) in [5, 5.41) is 6.97. The summed E-state index contributed by atoms with van der Waals surface area (Å²) in [6, 6.07) is 3.26. The molecule has 0 fully saturated rings. The van der Waals surface area contributed by atoms with Gasteiger partial charge in [0, 0.05) is 24.1 Å². The molecule has 0 saturated carbocycles. The number of amides is 1. The largest absolute Gasteiger partial charge is 0.452 e. The van der Waals surface area contributed by atoms with Gasteiger partial charge in [-0.1, -0.05) is 11.2 Å². The number of pyridine rings is 1. The molecule has 0 aliphatic carbocycles. The number of nitrogens with one attached hydrogen (secondary N) is 1. The number of hydrogen-bond acceptors (Lipinski definition) is 7. The van der Waals surface area contributed by atoms with E-state index < -0.39 is 5.97 Å². The molecule has 25 heavy (non-hydrogen) atoms. The van der Waals surface area contributed by atoms with E-state index in [4.69, 9.17) is 9.26 Å². The Morgan fingerprint density at radius 1 is 1.44 bits per heavy atom. The van der Waals surface area contributed by atoms with Gasteiger partial charge >= 0.3 is 5.97 Å². The van der Waals surface area contributed by atoms with Gasteiger partial charge in [0.15, 0.2) is 6.61 Å². The molecule has 2 rings (SSSR count). The Bertz CT molecular complexity index is 754. The minimum absolute atomic E-state index is 0.316. The molecule has 132 valence electrons. The molecule has 2 aromatic heterocycles. The molecule has 1 N–H and O–H groups in total. The van der Waals surface area contributed by atoms with E-state index >= 15 is 0 Å². The van der Waals surface area contributed by atoms with E-state index in [0.29, 0.717) is 22.9 Å². The molecule has 0 aromatic carbocycles. The third kappa shape index (κ3) is 5.18. The molecule has 0 aliphatic rings. The van der Waals surface area contributed by atoms with E-state index in [1.165, 1.54) is 11.8 Å². The van der Waals surface area contributed by atoms with Crippen molar-refractivity contribution in [2.75, 3.05) is 13.2 Å². The fourth-order valence-corrected chi connectivity index (χ4v) is 3.09. The molecule has 0 radical (unpaired) electrons. The predicted molar refractivity (Wildman–Crippen MR) is 93.3 cm³/mol. The first-order valence-electron chi connectivity index (χ1n) is 7.57. The maximum Gasteiger partial charge on any atom is 0.341 e. The number of esters is 1. The van der Waals surface area contributed by atoms with Crippen molar-refractivity contribution in [3.8, 4) is 0 Å². The summed E-state index contributed by atoms with van der Waals surface area (Å²) in [5.41, 5.74) is 2.10. The van der Waals surface area contributed by atoms with Crippen molar-refractivity contribution in [3.63, 3.8) is 0 Å². The van der Waals surface area contributed by atoms with Crippen LogP contribution in [0.2, 0.25) is 0 Å². The van der Waals surface area contributed by atoms with Crippen LogP contribution >= 0.6 is 11.8 Å². The van der Waals surface area contributed by atoms with Crippen molar-refractivity contribution >= 4 is 23.6 Å². The Hall–Kier alpha value is -2.61. The van der Waals surface area contributed by atoms with E-state index in [-0.39, 0.29) is 12.5 Å². The Balaban J connectivity index is 2.00. The van der Waals surface area contributed by atoms with Crippen LogP contribution in [0.1, 0.15) is 27.4 Å². The van der Waals surface area contributed by atoms with Crippen molar-refractivity contribution in [2.24, 2.45) is 0 Å². The van der Waals surface area contributed by atoms with Crippen molar-refractivity contribution in [1.29, 1.82) is 0 Å². The molecule has 0 bridgehead atoms. The molecule has 0 unspecified atom stereocenters. The Morgan fingerprint density at radius 2 is 2.24 bits per heavy atom. The predicted octanol–water partition coefficient (Wildman–Crippen LogP) is 2.44. The Labute approximate surface area is 149 Å². The van der Waals surface area contributed by atoms with Crippen molar-refractivity contribution < 1.29 is 18.8 Å². The van der Waals surface area contributed by atoms with Gasteiger partial charge in [0.05, 0.1) is 11.3 Å². The minimum Gasteiger partial charge on any atom is -0.452 e. The van der Waals surface area contributed by atoms with Gasteiger partial charge in [0.2, 0.25) is 0 Å². The molecule has 8 heteroatoms. The lowest BCUT2D eigenvalue weighted by Gasteiger charge is -2.08. The molecular weight excluding hydrogens is 342 g/mol. The average Bonchev–Trinajstić information content (AvgIpc) is 2.94. The van der Waals surface area contributed by atoms with Gasteiger partial charge in [0.1, 0.15) is 10.8 Å². The topological polar surface area (TPSA) is 94.3 Å². The van der Waals surface area contributed by atoms with Gasteiger partial charge in [-0.25, -0.2) is 9.78 Å². The highest BCUT2D eigenvalue weighted by molar-refractivity contribution is 7.98. The number of ether oxygens (including phenoxy) is 1. The molecule has 1 amide bonds. The molecule has 7 nitrogen and oxygen atoms in total. The fourth-order valence-electron chi connectivity index (χ4n) is 1.96. The molecule has 2 heterocycles. The molecule has 0 spiro atoms. The molecule has 0 aliphatic heterocycles. The molecule has 0 saturated heterocycles. The number of hydrogen-bond donors (Lipinski definition) is 1. The van der Waals surface area contributed by atoms with Crippen LogP contribution in [0.3, 0.4) is 0 Å². The van der Waals surface area contributed by atoms with Crippen LogP contribution in [0.15, 0.2) is 40.5 Å². The zero-order valence-corrected chi connectivity index (χ0v) is 14.9. The van der Waals surface area contributed by atoms with Gasteiger partial charge < -0.3 is 14.6 Å². The Kier molecular flexibility index (Phi) is 6.76. The summed E-state index contributed by atoms with van der Waals surface area (Å²) < 4.78 is 10.2. The second-order valence-electron chi connectivity index (χ2n) is 5.12. The first-order chi connectivity index (χ1) is 12.0. The third-order valence-corrected chi connectivity index (χ3v) is 4.34. The molecule has 0 atom stereocenters. The van der Waals surface area contributed by atoms with Gasteiger partial charge in [-0.05, 0) is 26.0 Å². The summed E-state index contributed by atoms with van der Waals surface area (Å²) >= 11 is 1.38. The van der Waals surface area contributed by atoms with E-state index in [1.54, 1.807) is 24.4 Å². The quantitative estimate of drug-likeness (QED) is 0.438. The van der Waals surface area contributed by atoms with Gasteiger partial charge in [-0.2, -0.15) is 0 Å². The summed E-state index contributed by atoms with van der Waals surface area (Å²) in [6.45, 7) is 7.17. The number of rotatable bonds is 8. The van der Waals surface area contributed by atoms with Crippen LogP contribution in [0.5, 0.6) is 0 Å². The summed E-state index contributed by atoms with van der Waals surface area (Å²) in [6.07, 6.45) is 3.15. The molecular formula is C17H19N3O4S. The smallest absolute Gasteiger partial charge is 0.341 e. The van der Waals surface area contributed by atoms with Crippen LogP contribution in [0.25, 0.3) is 0 Å². The lowest BCUT2D eigenvalue weighted by Crippen LogP contribution is -2.28. The van der Waals surface area contributed by atoms with Crippen LogP contribution in [0, 0.1) is 13.8 Å². The van der Waals surface area contributed by atoms with E-state index in [0.717, 1.165) is 17.0 Å². The number of thioether (sulfide) groups is 1. The van der Waals surface area contributed by atoms with E-state index in [9.17, 15) is 9.59 Å². The zero-order valence-electron chi connectivity index (χ0n) is 14.1. The van der Waals surface area contributed by atoms with Gasteiger partial charge in [-0.15, -0.1) is 18.3 Å². The number of carbonyl (C=O) groups is 2. The van der Waals surface area contributed by atoms with Crippen LogP contribution < -0.4 is 5.32 Å². The first-order valence-corrected chi connectivity index (χ1v) is 8.55. The second kappa shape index (κ2) is 9.03. The summed E-state index contributed by atoms with van der Waals surface area (Å²) in [4.78, 5) is 28.0. The monoisotopic (exact) mass is 361 g/mol. The third-order valence-electron chi connectivity index (χ3n) is 3.30. The maximum atomic E-state index is 12.2. The standard InChI is InChI=1S/C17H19N3O4S/c1-4-7-18-15(21)9-23-17(22)13-6-5-8-19-16(13)25-10-14-11(2)20-24-12(14)3/h4-6,8H,1,7,9-10H2,2-3H3,(H,18,21).